The Balaban J connectivity index is 2.56. The molecular weight excluding hydrogens is 318 g/mol. The average Bonchev–Trinajstić information content (AvgIpc) is 2.83. The SMILES string of the molecule is CSc1cc(Sc2nnnn2C)c(C(=O)O)cc1[N+](=O)[O-]. The predicted molar refractivity (Wildman–Crippen MR) is 74.8 cm³/mol. The first kappa shape index (κ1) is 15.3. The fourth-order valence-electron chi connectivity index (χ4n) is 1.51. The van der Waals surface area contributed by atoms with E-state index in [2.05, 4.69) is 15.5 Å². The monoisotopic (exact) mass is 327 g/mol. The van der Waals surface area contributed by atoms with E-state index in [9.17, 15) is 20.0 Å². The molecule has 0 fully saturated rings. The van der Waals surface area contributed by atoms with Crippen LogP contribution in [0.2, 0.25) is 0 Å². The molecule has 110 valence electrons. The molecule has 21 heavy (non-hydrogen) atoms. The number of thioether (sulfide) groups is 1. The van der Waals surface area contributed by atoms with Gasteiger partial charge >= 0.3 is 5.97 Å². The topological polar surface area (TPSA) is 124 Å². The number of aromatic carboxylic acids is 1. The summed E-state index contributed by atoms with van der Waals surface area (Å²) in [7, 11) is 1.61. The van der Waals surface area contributed by atoms with Crippen LogP contribution < -0.4 is 0 Å². The smallest absolute Gasteiger partial charge is 0.337 e. The number of rotatable bonds is 5. The van der Waals surface area contributed by atoms with E-state index in [4.69, 9.17) is 0 Å². The molecule has 0 aliphatic heterocycles. The summed E-state index contributed by atoms with van der Waals surface area (Å²) in [5, 5.41) is 31.5. The number of carboxylic acids is 1. The Hall–Kier alpha value is -2.14. The van der Waals surface area contributed by atoms with Gasteiger partial charge in [0.1, 0.15) is 0 Å². The van der Waals surface area contributed by atoms with Crippen molar-refractivity contribution in [3.05, 3.63) is 27.8 Å². The van der Waals surface area contributed by atoms with Gasteiger partial charge in [-0.2, -0.15) is 0 Å². The number of nitro groups is 1. The number of nitrogens with zero attached hydrogens (tertiary/aromatic N) is 5. The van der Waals surface area contributed by atoms with Gasteiger partial charge in [0, 0.05) is 18.0 Å². The molecule has 0 saturated carbocycles. The molecule has 0 bridgehead atoms. The van der Waals surface area contributed by atoms with E-state index in [0.717, 1.165) is 17.8 Å². The average molecular weight is 327 g/mol. The van der Waals surface area contributed by atoms with Crippen LogP contribution in [0, 0.1) is 10.1 Å². The molecule has 0 radical (unpaired) electrons. The van der Waals surface area contributed by atoms with Gasteiger partial charge in [-0.15, -0.1) is 16.9 Å². The number of hydrogen-bond donors (Lipinski definition) is 1. The van der Waals surface area contributed by atoms with Crippen LogP contribution >= 0.6 is 23.5 Å². The molecule has 2 aromatic rings. The summed E-state index contributed by atoms with van der Waals surface area (Å²) in [5.74, 6) is -1.25. The van der Waals surface area contributed by atoms with E-state index in [1.807, 2.05) is 0 Å². The highest BCUT2D eigenvalue weighted by Gasteiger charge is 2.22. The summed E-state index contributed by atoms with van der Waals surface area (Å²) >= 11 is 2.20. The van der Waals surface area contributed by atoms with Crippen LogP contribution in [-0.2, 0) is 7.05 Å². The quantitative estimate of drug-likeness (QED) is 0.496. The molecule has 0 spiro atoms. The highest BCUT2D eigenvalue weighted by atomic mass is 32.2. The fraction of sp³-hybridized carbons (Fsp3) is 0.200. The van der Waals surface area contributed by atoms with Crippen molar-refractivity contribution in [3.63, 3.8) is 0 Å². The third-order valence-corrected chi connectivity index (χ3v) is 4.34. The molecule has 0 aliphatic rings. The lowest BCUT2D eigenvalue weighted by atomic mass is 10.2. The first-order valence-corrected chi connectivity index (χ1v) is 7.48. The molecule has 0 amide bonds. The predicted octanol–water partition coefficient (Wildman–Crippen LogP) is 1.69. The second-order valence-corrected chi connectivity index (χ2v) is 5.63. The van der Waals surface area contributed by atoms with Crippen molar-refractivity contribution in [1.82, 2.24) is 20.2 Å². The normalized spacial score (nSPS) is 10.6. The second-order valence-electron chi connectivity index (χ2n) is 3.77. The van der Waals surface area contributed by atoms with Crippen molar-refractivity contribution >= 4 is 35.2 Å². The van der Waals surface area contributed by atoms with Gasteiger partial charge in [-0.05, 0) is 34.5 Å². The minimum Gasteiger partial charge on any atom is -0.478 e. The van der Waals surface area contributed by atoms with Crippen molar-refractivity contribution < 1.29 is 14.8 Å². The summed E-state index contributed by atoms with van der Waals surface area (Å²) in [5.41, 5.74) is -0.396. The zero-order valence-electron chi connectivity index (χ0n) is 10.9. The van der Waals surface area contributed by atoms with Gasteiger partial charge < -0.3 is 5.11 Å². The molecule has 9 nitrogen and oxygen atoms in total. The number of hydrogen-bond acceptors (Lipinski definition) is 8. The van der Waals surface area contributed by atoms with Gasteiger partial charge in [0.15, 0.2) is 0 Å². The zero-order valence-corrected chi connectivity index (χ0v) is 12.5. The van der Waals surface area contributed by atoms with Crippen LogP contribution in [0.4, 0.5) is 5.69 Å². The minimum absolute atomic E-state index is 0.160. The Bertz CT molecular complexity index is 717. The lowest BCUT2D eigenvalue weighted by Crippen LogP contribution is -2.03. The van der Waals surface area contributed by atoms with Crippen LogP contribution in [0.15, 0.2) is 27.1 Å². The maximum Gasteiger partial charge on any atom is 0.337 e. The van der Waals surface area contributed by atoms with E-state index in [-0.39, 0.29) is 11.3 Å². The summed E-state index contributed by atoms with van der Waals surface area (Å²) < 4.78 is 1.39. The lowest BCUT2D eigenvalue weighted by Gasteiger charge is -2.07. The highest BCUT2D eigenvalue weighted by Crippen LogP contribution is 2.37. The number of carbonyl (C=O) groups is 1. The van der Waals surface area contributed by atoms with Crippen LogP contribution in [0.1, 0.15) is 10.4 Å². The molecule has 0 saturated heterocycles. The largest absolute Gasteiger partial charge is 0.478 e. The number of carboxylic acid groups (broad SMARTS) is 1. The molecule has 1 heterocycles. The Morgan fingerprint density at radius 2 is 2.14 bits per heavy atom. The van der Waals surface area contributed by atoms with Crippen molar-refractivity contribution in [3.8, 4) is 0 Å². The third-order valence-electron chi connectivity index (χ3n) is 2.49. The highest BCUT2D eigenvalue weighted by molar-refractivity contribution is 7.99. The zero-order chi connectivity index (χ0) is 15.6. The van der Waals surface area contributed by atoms with Crippen LogP contribution in [0.25, 0.3) is 0 Å². The molecule has 1 aromatic carbocycles. The Morgan fingerprint density at radius 3 is 2.62 bits per heavy atom. The molecule has 2 rings (SSSR count). The Kier molecular flexibility index (Phi) is 4.43. The second kappa shape index (κ2) is 6.10. The summed E-state index contributed by atoms with van der Waals surface area (Å²) in [4.78, 5) is 22.4. The molecule has 0 atom stereocenters. The van der Waals surface area contributed by atoms with Crippen molar-refractivity contribution in [1.29, 1.82) is 0 Å². The van der Waals surface area contributed by atoms with Crippen LogP contribution in [0.5, 0.6) is 0 Å². The number of benzene rings is 1. The molecule has 1 N–H and O–H groups in total. The van der Waals surface area contributed by atoms with Gasteiger partial charge in [-0.25, -0.2) is 9.48 Å². The van der Waals surface area contributed by atoms with Crippen molar-refractivity contribution in [2.45, 2.75) is 14.9 Å². The maximum absolute atomic E-state index is 11.3. The number of aromatic nitrogens is 4. The fourth-order valence-corrected chi connectivity index (χ4v) is 3.04. The summed E-state index contributed by atoms with van der Waals surface area (Å²) in [6.45, 7) is 0. The number of aryl methyl sites for hydroxylation is 1. The first-order valence-electron chi connectivity index (χ1n) is 5.44. The molecule has 0 unspecified atom stereocenters. The molecule has 1 aromatic heterocycles. The first-order chi connectivity index (χ1) is 9.93. The van der Waals surface area contributed by atoms with E-state index in [1.165, 1.54) is 22.5 Å². The molecule has 11 heteroatoms. The number of nitro benzene ring substituents is 1. The summed E-state index contributed by atoms with van der Waals surface area (Å²) in [6.07, 6.45) is 1.68. The maximum atomic E-state index is 11.3. The van der Waals surface area contributed by atoms with Gasteiger partial charge in [-0.1, -0.05) is 0 Å². The van der Waals surface area contributed by atoms with Crippen molar-refractivity contribution in [2.24, 2.45) is 7.05 Å². The van der Waals surface area contributed by atoms with E-state index >= 15 is 0 Å². The van der Waals surface area contributed by atoms with Gasteiger partial charge in [0.2, 0.25) is 5.16 Å². The van der Waals surface area contributed by atoms with Gasteiger partial charge in [0.05, 0.1) is 15.4 Å². The van der Waals surface area contributed by atoms with Gasteiger partial charge in [0.25, 0.3) is 5.69 Å². The lowest BCUT2D eigenvalue weighted by molar-refractivity contribution is -0.387. The van der Waals surface area contributed by atoms with Crippen LogP contribution in [0.3, 0.4) is 0 Å². The third kappa shape index (κ3) is 3.13. The standard InChI is InChI=1S/C10H9N5O4S2/c1-14-10(11-12-13-14)21-7-4-8(20-2)6(15(18)19)3-5(7)9(16)17/h3-4H,1-2H3,(H,16,17). The number of tetrazole rings is 1. The minimum atomic E-state index is -1.25. The molecular formula is C10H9N5O4S2. The van der Waals surface area contributed by atoms with E-state index in [1.54, 1.807) is 13.3 Å². The van der Waals surface area contributed by atoms with Crippen LogP contribution in [-0.4, -0.2) is 42.5 Å². The molecule has 0 aliphatic carbocycles. The van der Waals surface area contributed by atoms with E-state index < -0.39 is 10.9 Å². The van der Waals surface area contributed by atoms with E-state index in [0.29, 0.717) is 14.9 Å². The Morgan fingerprint density at radius 1 is 1.43 bits per heavy atom. The van der Waals surface area contributed by atoms with Crippen molar-refractivity contribution in [2.75, 3.05) is 6.26 Å². The summed E-state index contributed by atoms with van der Waals surface area (Å²) in [6, 6.07) is 2.52. The van der Waals surface area contributed by atoms with Gasteiger partial charge in [-0.3, -0.25) is 10.1 Å². The Labute approximate surface area is 126 Å².